The molecule has 4 rings (SSSR count). The maximum atomic E-state index is 12.7. The number of fused-ring (bicyclic) bond motifs is 1. The number of carbonyl (C=O) groups excluding carboxylic acids is 1. The van der Waals surface area contributed by atoms with Gasteiger partial charge in [-0.1, -0.05) is 12.1 Å². The van der Waals surface area contributed by atoms with Crippen LogP contribution >= 0.6 is 0 Å². The predicted molar refractivity (Wildman–Crippen MR) is 75.1 cm³/mol. The van der Waals surface area contributed by atoms with Gasteiger partial charge in [-0.3, -0.25) is 4.79 Å². The number of hydrogen-bond donors (Lipinski definition) is 0. The molecule has 2 heterocycles. The van der Waals surface area contributed by atoms with Crippen molar-refractivity contribution in [3.8, 4) is 11.5 Å². The Morgan fingerprint density at radius 1 is 1.24 bits per heavy atom. The smallest absolute Gasteiger partial charge is 0.252 e. The highest BCUT2D eigenvalue weighted by molar-refractivity contribution is 5.82. The van der Waals surface area contributed by atoms with Crippen LogP contribution < -0.4 is 9.47 Å². The lowest BCUT2D eigenvalue weighted by molar-refractivity contribution is -0.142. The van der Waals surface area contributed by atoms with E-state index in [1.807, 2.05) is 23.1 Å². The van der Waals surface area contributed by atoms with E-state index in [1.165, 1.54) is 0 Å². The van der Waals surface area contributed by atoms with E-state index in [4.69, 9.17) is 14.2 Å². The van der Waals surface area contributed by atoms with Crippen LogP contribution in [0.4, 0.5) is 0 Å². The van der Waals surface area contributed by atoms with Crippen molar-refractivity contribution in [2.75, 3.05) is 13.4 Å². The third-order valence-corrected chi connectivity index (χ3v) is 4.29. The molecular weight excluding hydrogens is 270 g/mol. The van der Waals surface area contributed by atoms with Gasteiger partial charge in [0.1, 0.15) is 6.10 Å². The molecule has 0 radical (unpaired) electrons. The molecule has 0 bridgehead atoms. The molecule has 112 valence electrons. The summed E-state index contributed by atoms with van der Waals surface area (Å²) in [4.78, 5) is 14.6. The first-order valence-electron chi connectivity index (χ1n) is 7.62. The summed E-state index contributed by atoms with van der Waals surface area (Å²) in [6, 6.07) is 6.21. The van der Waals surface area contributed by atoms with E-state index < -0.39 is 0 Å². The van der Waals surface area contributed by atoms with Crippen LogP contribution in [0.5, 0.6) is 11.5 Å². The summed E-state index contributed by atoms with van der Waals surface area (Å²) in [5.74, 6) is 1.68. The number of amides is 1. The average molecular weight is 289 g/mol. The van der Waals surface area contributed by atoms with Gasteiger partial charge >= 0.3 is 0 Å². The van der Waals surface area contributed by atoms with Gasteiger partial charge in [-0.2, -0.15) is 0 Å². The highest BCUT2D eigenvalue weighted by Gasteiger charge is 2.38. The molecule has 0 unspecified atom stereocenters. The lowest BCUT2D eigenvalue weighted by atomic mass is 10.1. The fourth-order valence-electron chi connectivity index (χ4n) is 3.03. The van der Waals surface area contributed by atoms with Gasteiger partial charge in [-0.25, -0.2) is 0 Å². The van der Waals surface area contributed by atoms with Crippen molar-refractivity contribution in [3.63, 3.8) is 0 Å². The molecule has 1 aromatic rings. The molecule has 1 aliphatic carbocycles. The Balaban J connectivity index is 1.55. The number of para-hydroxylation sites is 1. The van der Waals surface area contributed by atoms with Gasteiger partial charge in [0.15, 0.2) is 11.5 Å². The Morgan fingerprint density at radius 3 is 2.90 bits per heavy atom. The molecule has 3 aliphatic rings. The number of nitrogens with zero attached hydrogens (tertiary/aromatic N) is 1. The minimum Gasteiger partial charge on any atom is -0.454 e. The number of rotatable bonds is 4. The molecule has 0 spiro atoms. The fourth-order valence-corrected chi connectivity index (χ4v) is 3.03. The first-order valence-corrected chi connectivity index (χ1v) is 7.62. The minimum absolute atomic E-state index is 0.131. The number of hydrogen-bond acceptors (Lipinski definition) is 4. The first kappa shape index (κ1) is 13.0. The van der Waals surface area contributed by atoms with Crippen LogP contribution in [-0.2, 0) is 16.1 Å². The van der Waals surface area contributed by atoms with Crippen LogP contribution in [0, 0.1) is 0 Å². The van der Waals surface area contributed by atoms with Gasteiger partial charge < -0.3 is 19.1 Å². The summed E-state index contributed by atoms with van der Waals surface area (Å²) in [6.07, 6.45) is 3.75. The van der Waals surface area contributed by atoms with Crippen LogP contribution in [-0.4, -0.2) is 36.4 Å². The number of carbonyl (C=O) groups is 1. The number of benzene rings is 1. The molecule has 21 heavy (non-hydrogen) atoms. The van der Waals surface area contributed by atoms with Crippen molar-refractivity contribution >= 4 is 5.91 Å². The van der Waals surface area contributed by atoms with E-state index >= 15 is 0 Å². The SMILES string of the molecule is O=C([C@H]1CCCO1)N(Cc1cccc2c1OCO2)C1CC1. The summed E-state index contributed by atoms with van der Waals surface area (Å²) >= 11 is 0. The van der Waals surface area contributed by atoms with Crippen LogP contribution in [0.2, 0.25) is 0 Å². The van der Waals surface area contributed by atoms with E-state index in [-0.39, 0.29) is 18.8 Å². The predicted octanol–water partition coefficient (Wildman–Crippen LogP) is 2.09. The zero-order valence-corrected chi connectivity index (χ0v) is 11.9. The van der Waals surface area contributed by atoms with Crippen molar-refractivity contribution in [2.45, 2.75) is 44.4 Å². The number of ether oxygens (including phenoxy) is 3. The average Bonchev–Trinajstić information content (AvgIpc) is 3.02. The Kier molecular flexibility index (Phi) is 3.22. The second kappa shape index (κ2) is 5.22. The van der Waals surface area contributed by atoms with Crippen molar-refractivity contribution in [3.05, 3.63) is 23.8 Å². The molecule has 1 aromatic carbocycles. The van der Waals surface area contributed by atoms with E-state index in [0.717, 1.165) is 42.7 Å². The maximum absolute atomic E-state index is 12.7. The summed E-state index contributed by atoms with van der Waals surface area (Å²) in [6.45, 7) is 1.54. The quantitative estimate of drug-likeness (QED) is 0.851. The topological polar surface area (TPSA) is 48.0 Å². The first-order chi connectivity index (χ1) is 10.3. The van der Waals surface area contributed by atoms with Gasteiger partial charge in [-0.15, -0.1) is 0 Å². The lowest BCUT2D eigenvalue weighted by Gasteiger charge is -2.25. The molecule has 0 N–H and O–H groups in total. The Hall–Kier alpha value is -1.75. The Labute approximate surface area is 123 Å². The van der Waals surface area contributed by atoms with E-state index in [2.05, 4.69) is 0 Å². The summed E-state index contributed by atoms with van der Waals surface area (Å²) in [5.41, 5.74) is 1.02. The standard InChI is InChI=1S/C16H19NO4/c18-16(14-5-2-8-19-14)17(12-6-7-12)9-11-3-1-4-13-15(11)21-10-20-13/h1,3-4,12,14H,2,5-10H2/t14-/m1/s1. The summed E-state index contributed by atoms with van der Waals surface area (Å²) < 4.78 is 16.5. The normalized spacial score (nSPS) is 23.3. The molecule has 5 nitrogen and oxygen atoms in total. The molecule has 5 heteroatoms. The van der Waals surface area contributed by atoms with Crippen LogP contribution in [0.3, 0.4) is 0 Å². The third kappa shape index (κ3) is 2.46. The van der Waals surface area contributed by atoms with E-state index in [9.17, 15) is 4.79 Å². The minimum atomic E-state index is -0.250. The largest absolute Gasteiger partial charge is 0.454 e. The van der Waals surface area contributed by atoms with Crippen LogP contribution in [0.1, 0.15) is 31.2 Å². The van der Waals surface area contributed by atoms with Gasteiger partial charge in [0, 0.05) is 24.8 Å². The zero-order valence-electron chi connectivity index (χ0n) is 11.9. The van der Waals surface area contributed by atoms with Crippen molar-refractivity contribution in [1.29, 1.82) is 0 Å². The Morgan fingerprint density at radius 2 is 2.14 bits per heavy atom. The molecule has 2 fully saturated rings. The van der Waals surface area contributed by atoms with Crippen LogP contribution in [0.25, 0.3) is 0 Å². The molecule has 2 aliphatic heterocycles. The molecule has 1 saturated carbocycles. The van der Waals surface area contributed by atoms with E-state index in [1.54, 1.807) is 0 Å². The van der Waals surface area contributed by atoms with Gasteiger partial charge in [0.05, 0.1) is 0 Å². The molecule has 1 amide bonds. The highest BCUT2D eigenvalue weighted by Crippen LogP contribution is 2.38. The molecule has 1 saturated heterocycles. The van der Waals surface area contributed by atoms with Gasteiger partial charge in [-0.05, 0) is 31.7 Å². The zero-order chi connectivity index (χ0) is 14.2. The van der Waals surface area contributed by atoms with E-state index in [0.29, 0.717) is 19.2 Å². The van der Waals surface area contributed by atoms with Crippen molar-refractivity contribution in [1.82, 2.24) is 4.90 Å². The highest BCUT2D eigenvalue weighted by atomic mass is 16.7. The second-order valence-electron chi connectivity index (χ2n) is 5.85. The third-order valence-electron chi connectivity index (χ3n) is 4.29. The van der Waals surface area contributed by atoms with Crippen molar-refractivity contribution < 1.29 is 19.0 Å². The van der Waals surface area contributed by atoms with Gasteiger partial charge in [0.2, 0.25) is 6.79 Å². The summed E-state index contributed by atoms with van der Waals surface area (Å²) in [7, 11) is 0. The second-order valence-corrected chi connectivity index (χ2v) is 5.85. The maximum Gasteiger partial charge on any atom is 0.252 e. The molecule has 1 atom stereocenters. The molecular formula is C16H19NO4. The monoisotopic (exact) mass is 289 g/mol. The van der Waals surface area contributed by atoms with Gasteiger partial charge in [0.25, 0.3) is 5.91 Å². The summed E-state index contributed by atoms with van der Waals surface area (Å²) in [5, 5.41) is 0. The fraction of sp³-hybridized carbons (Fsp3) is 0.562. The van der Waals surface area contributed by atoms with Crippen LogP contribution in [0.15, 0.2) is 18.2 Å². The Bertz CT molecular complexity index is 549. The lowest BCUT2D eigenvalue weighted by Crippen LogP contribution is -2.40. The molecule has 0 aromatic heterocycles. The van der Waals surface area contributed by atoms with Crippen molar-refractivity contribution in [2.24, 2.45) is 0 Å².